The van der Waals surface area contributed by atoms with E-state index < -0.39 is 53.7 Å². The molecule has 0 fully saturated rings. The molecular formula is C29H23F6N5O2S. The van der Waals surface area contributed by atoms with Crippen molar-refractivity contribution < 1.29 is 35.9 Å². The molecule has 43 heavy (non-hydrogen) atoms. The SMILES string of the molecule is CNC(=O)c1cc(-c2cccnc2[C@H](Cc2cc(F)cc(F)c2)NC(=O)Cn2nc3c(c2C(F)(F)F)CSC3)ccc1F. The number of carbonyl (C=O) groups excluding carboxylic acids is 2. The van der Waals surface area contributed by atoms with Gasteiger partial charge in [-0.15, -0.1) is 0 Å². The zero-order valence-corrected chi connectivity index (χ0v) is 23.3. The highest BCUT2D eigenvalue weighted by atomic mass is 32.2. The number of aromatic nitrogens is 3. The molecule has 0 unspecified atom stereocenters. The monoisotopic (exact) mass is 619 g/mol. The maximum absolute atomic E-state index is 14.4. The number of hydrogen-bond acceptors (Lipinski definition) is 5. The quantitative estimate of drug-likeness (QED) is 0.251. The smallest absolute Gasteiger partial charge is 0.355 e. The van der Waals surface area contributed by atoms with Crippen LogP contribution in [-0.2, 0) is 35.4 Å². The third-order valence-corrected chi connectivity index (χ3v) is 7.77. The van der Waals surface area contributed by atoms with E-state index in [1.807, 2.05) is 0 Å². The lowest BCUT2D eigenvalue weighted by molar-refractivity contribution is -0.145. The van der Waals surface area contributed by atoms with Gasteiger partial charge in [-0.25, -0.2) is 13.2 Å². The molecule has 1 aliphatic rings. The Kier molecular flexibility index (Phi) is 8.49. The van der Waals surface area contributed by atoms with Crippen LogP contribution >= 0.6 is 11.8 Å². The normalized spacial score (nSPS) is 13.5. The lowest BCUT2D eigenvalue weighted by Gasteiger charge is -2.22. The highest BCUT2D eigenvalue weighted by Crippen LogP contribution is 2.40. The minimum atomic E-state index is -4.75. The van der Waals surface area contributed by atoms with E-state index in [1.54, 1.807) is 12.1 Å². The molecule has 0 saturated heterocycles. The number of amides is 2. The summed E-state index contributed by atoms with van der Waals surface area (Å²) in [4.78, 5) is 29.9. The van der Waals surface area contributed by atoms with Crippen LogP contribution in [0, 0.1) is 17.5 Å². The largest absolute Gasteiger partial charge is 0.433 e. The second-order valence-electron chi connectivity index (χ2n) is 9.73. The molecule has 2 aromatic heterocycles. The van der Waals surface area contributed by atoms with Crippen LogP contribution < -0.4 is 10.6 Å². The third-order valence-electron chi connectivity index (χ3n) is 6.80. The van der Waals surface area contributed by atoms with Gasteiger partial charge >= 0.3 is 6.18 Å². The Balaban J connectivity index is 1.53. The Bertz CT molecular complexity index is 1690. The van der Waals surface area contributed by atoms with Crippen LogP contribution in [0.1, 0.15) is 44.6 Å². The van der Waals surface area contributed by atoms with Gasteiger partial charge in [0.25, 0.3) is 5.91 Å². The van der Waals surface area contributed by atoms with E-state index in [9.17, 15) is 35.9 Å². The summed E-state index contributed by atoms with van der Waals surface area (Å²) in [6.45, 7) is -0.778. The van der Waals surface area contributed by atoms with Crippen molar-refractivity contribution in [1.29, 1.82) is 0 Å². The molecule has 0 aliphatic carbocycles. The predicted octanol–water partition coefficient (Wildman–Crippen LogP) is 5.59. The van der Waals surface area contributed by atoms with Gasteiger partial charge in [-0.1, -0.05) is 12.1 Å². The molecule has 1 atom stereocenters. The van der Waals surface area contributed by atoms with Gasteiger partial charge in [0.1, 0.15) is 29.7 Å². The Hall–Kier alpha value is -4.33. The second-order valence-corrected chi connectivity index (χ2v) is 10.7. The first kappa shape index (κ1) is 30.1. The fraction of sp³-hybridized carbons (Fsp3) is 0.241. The van der Waals surface area contributed by atoms with Gasteiger partial charge in [-0.05, 0) is 47.9 Å². The number of pyridine rings is 1. The summed E-state index contributed by atoms with van der Waals surface area (Å²) in [7, 11) is 1.34. The van der Waals surface area contributed by atoms with Crippen molar-refractivity contribution in [3.8, 4) is 11.1 Å². The van der Waals surface area contributed by atoms with Crippen molar-refractivity contribution >= 4 is 23.6 Å². The number of nitrogens with one attached hydrogen (secondary N) is 2. The van der Waals surface area contributed by atoms with Crippen LogP contribution in [0.2, 0.25) is 0 Å². The van der Waals surface area contributed by atoms with E-state index in [0.29, 0.717) is 21.9 Å². The highest BCUT2D eigenvalue weighted by Gasteiger charge is 2.41. The first-order valence-corrected chi connectivity index (χ1v) is 14.0. The summed E-state index contributed by atoms with van der Waals surface area (Å²) in [5.74, 6) is -3.65. The fourth-order valence-corrected chi connectivity index (χ4v) is 6.03. The summed E-state index contributed by atoms with van der Waals surface area (Å²) in [6, 6.07) is 8.60. The molecule has 14 heteroatoms. The Labute approximate surface area is 245 Å². The topological polar surface area (TPSA) is 88.9 Å². The molecule has 0 bridgehead atoms. The first-order valence-electron chi connectivity index (χ1n) is 12.9. The minimum Gasteiger partial charge on any atom is -0.355 e. The molecular weight excluding hydrogens is 596 g/mol. The van der Waals surface area contributed by atoms with Gasteiger partial charge in [-0.2, -0.15) is 30.0 Å². The lowest BCUT2D eigenvalue weighted by Crippen LogP contribution is -2.35. The molecule has 0 saturated carbocycles. The zero-order valence-electron chi connectivity index (χ0n) is 22.4. The van der Waals surface area contributed by atoms with E-state index in [1.165, 1.54) is 37.1 Å². The van der Waals surface area contributed by atoms with E-state index in [-0.39, 0.29) is 46.0 Å². The van der Waals surface area contributed by atoms with Crippen LogP contribution in [0.25, 0.3) is 11.1 Å². The molecule has 224 valence electrons. The van der Waals surface area contributed by atoms with Crippen molar-refractivity contribution in [3.63, 3.8) is 0 Å². The van der Waals surface area contributed by atoms with E-state index in [4.69, 9.17) is 0 Å². The van der Waals surface area contributed by atoms with E-state index in [0.717, 1.165) is 18.2 Å². The predicted molar refractivity (Wildman–Crippen MR) is 146 cm³/mol. The molecule has 0 radical (unpaired) electrons. The van der Waals surface area contributed by atoms with Gasteiger partial charge in [0.2, 0.25) is 5.91 Å². The molecule has 3 heterocycles. The molecule has 2 amide bonds. The molecule has 4 aromatic rings. The Morgan fingerprint density at radius 2 is 1.79 bits per heavy atom. The number of nitrogens with zero attached hydrogens (tertiary/aromatic N) is 3. The Morgan fingerprint density at radius 3 is 2.49 bits per heavy atom. The van der Waals surface area contributed by atoms with E-state index >= 15 is 0 Å². The molecule has 0 spiro atoms. The van der Waals surface area contributed by atoms with Crippen LogP contribution in [0.5, 0.6) is 0 Å². The van der Waals surface area contributed by atoms with Crippen molar-refractivity contribution in [3.05, 3.63) is 106 Å². The van der Waals surface area contributed by atoms with Gasteiger partial charge in [0.15, 0.2) is 0 Å². The first-order chi connectivity index (χ1) is 20.4. The number of alkyl halides is 3. The van der Waals surface area contributed by atoms with Crippen molar-refractivity contribution in [1.82, 2.24) is 25.4 Å². The summed E-state index contributed by atoms with van der Waals surface area (Å²) < 4.78 is 84.9. The average Bonchev–Trinajstić information content (AvgIpc) is 3.52. The van der Waals surface area contributed by atoms with Gasteiger partial charge < -0.3 is 10.6 Å². The number of rotatable bonds is 8. The van der Waals surface area contributed by atoms with Crippen LogP contribution in [0.4, 0.5) is 26.3 Å². The number of benzene rings is 2. The zero-order chi connectivity index (χ0) is 30.9. The van der Waals surface area contributed by atoms with Gasteiger partial charge in [-0.3, -0.25) is 19.3 Å². The second kappa shape index (κ2) is 12.1. The maximum atomic E-state index is 14.4. The molecule has 2 N–H and O–H groups in total. The lowest BCUT2D eigenvalue weighted by atomic mass is 9.94. The third kappa shape index (κ3) is 6.53. The number of carbonyl (C=O) groups is 2. The van der Waals surface area contributed by atoms with Gasteiger partial charge in [0, 0.05) is 41.9 Å². The van der Waals surface area contributed by atoms with E-state index in [2.05, 4.69) is 20.7 Å². The molecule has 5 rings (SSSR count). The molecule has 1 aliphatic heterocycles. The van der Waals surface area contributed by atoms with Crippen LogP contribution in [0.3, 0.4) is 0 Å². The van der Waals surface area contributed by atoms with Crippen LogP contribution in [0.15, 0.2) is 54.7 Å². The van der Waals surface area contributed by atoms with Crippen molar-refractivity contribution in [2.45, 2.75) is 36.7 Å². The summed E-state index contributed by atoms with van der Waals surface area (Å²) >= 11 is 1.29. The van der Waals surface area contributed by atoms with Crippen molar-refractivity contribution in [2.75, 3.05) is 7.05 Å². The minimum absolute atomic E-state index is 0.0346. The highest BCUT2D eigenvalue weighted by molar-refractivity contribution is 7.98. The fourth-order valence-electron chi connectivity index (χ4n) is 5.00. The molecule has 7 nitrogen and oxygen atoms in total. The number of hydrogen-bond donors (Lipinski definition) is 2. The standard InChI is InChI=1S/C29H23F6N5O2S/c1-36-28(42)20-10-16(4-5-22(20)32)19-3-2-6-37-26(19)23(9-15-7-17(30)11-18(31)8-15)38-25(41)12-40-27(29(33,34)35)21-13-43-14-24(21)39-40/h2-8,10-11,23H,9,12-14H2,1H3,(H,36,42)(H,38,41)/t23-/m0/s1. The maximum Gasteiger partial charge on any atom is 0.433 e. The molecule has 2 aromatic carbocycles. The van der Waals surface area contributed by atoms with Gasteiger partial charge in [0.05, 0.1) is 23.0 Å². The Morgan fingerprint density at radius 1 is 1.05 bits per heavy atom. The summed E-state index contributed by atoms with van der Waals surface area (Å²) in [6.07, 6.45) is -3.55. The number of halogens is 6. The van der Waals surface area contributed by atoms with Crippen LogP contribution in [-0.4, -0.2) is 33.6 Å². The number of thioether (sulfide) groups is 1. The number of fused-ring (bicyclic) bond motifs is 1. The van der Waals surface area contributed by atoms with Crippen molar-refractivity contribution in [2.24, 2.45) is 0 Å². The summed E-state index contributed by atoms with van der Waals surface area (Å²) in [5.41, 5.74) is 0.0275. The average molecular weight is 620 g/mol. The summed E-state index contributed by atoms with van der Waals surface area (Å²) in [5, 5.41) is 9.02.